The Morgan fingerprint density at radius 2 is 1.95 bits per heavy atom. The number of aliphatic hydroxyl groups excluding tert-OH is 1. The van der Waals surface area contributed by atoms with Gasteiger partial charge >= 0.3 is 0 Å². The molecule has 2 aromatic rings. The third kappa shape index (κ3) is 1.96. The summed E-state index contributed by atoms with van der Waals surface area (Å²) in [5.41, 5.74) is 2.82. The average Bonchev–Trinajstić information content (AvgIpc) is 2.51. The van der Waals surface area contributed by atoms with Crippen LogP contribution in [0.1, 0.15) is 18.4 Å². The van der Waals surface area contributed by atoms with Crippen LogP contribution in [0.5, 0.6) is 0 Å². The van der Waals surface area contributed by atoms with Gasteiger partial charge in [-0.25, -0.2) is 4.90 Å². The molecule has 0 radical (unpaired) electrons. The molecule has 0 aromatic heterocycles. The Balaban J connectivity index is 2.22. The van der Waals surface area contributed by atoms with Crippen molar-refractivity contribution in [2.24, 2.45) is 0 Å². The maximum atomic E-state index is 9.57. The first kappa shape index (κ1) is 13.0. The third-order valence-corrected chi connectivity index (χ3v) is 4.60. The number of hydrogen-bond acceptors (Lipinski definition) is 4. The lowest BCUT2D eigenvalue weighted by Crippen LogP contribution is -2.17. The van der Waals surface area contributed by atoms with E-state index in [0.717, 1.165) is 26.7 Å². The highest BCUT2D eigenvalue weighted by Gasteiger charge is 2.27. The Morgan fingerprint density at radius 1 is 1.20 bits per heavy atom. The number of nitriles is 1. The van der Waals surface area contributed by atoms with E-state index in [4.69, 9.17) is 0 Å². The number of nitrogens with zero attached hydrogens (tertiary/aromatic N) is 2. The molecule has 0 saturated carbocycles. The summed E-state index contributed by atoms with van der Waals surface area (Å²) in [6, 6.07) is 13.9. The molecule has 0 amide bonds. The van der Waals surface area contributed by atoms with Crippen molar-refractivity contribution in [3.05, 3.63) is 48.0 Å². The standard InChI is InChI=1S/C16H14N2OS/c1-11(9-19)12-5-4-8-15-16(12)18(10-17)13-6-2-3-7-14(13)20-15/h2-8,11,19H,9H2,1H3. The zero-order valence-electron chi connectivity index (χ0n) is 11.1. The predicted octanol–water partition coefficient (Wildman–Crippen LogP) is 3.87. The molecule has 100 valence electrons. The summed E-state index contributed by atoms with van der Waals surface area (Å²) in [4.78, 5) is 3.81. The molecule has 20 heavy (non-hydrogen) atoms. The van der Waals surface area contributed by atoms with Crippen molar-refractivity contribution in [1.82, 2.24) is 0 Å². The molecule has 1 aliphatic rings. The van der Waals surface area contributed by atoms with Crippen LogP contribution in [0.25, 0.3) is 0 Å². The van der Waals surface area contributed by atoms with E-state index in [0.29, 0.717) is 0 Å². The van der Waals surface area contributed by atoms with Crippen LogP contribution < -0.4 is 4.90 Å². The maximum absolute atomic E-state index is 9.57. The van der Waals surface area contributed by atoms with Gasteiger partial charge in [0.25, 0.3) is 0 Å². The van der Waals surface area contributed by atoms with Gasteiger partial charge in [-0.2, -0.15) is 5.26 Å². The fourth-order valence-corrected chi connectivity index (χ4v) is 3.53. The van der Waals surface area contributed by atoms with Gasteiger partial charge in [0.05, 0.1) is 11.4 Å². The number of fused-ring (bicyclic) bond motifs is 2. The second-order valence-corrected chi connectivity index (χ2v) is 5.87. The van der Waals surface area contributed by atoms with Crippen molar-refractivity contribution < 1.29 is 5.11 Å². The highest BCUT2D eigenvalue weighted by molar-refractivity contribution is 7.99. The lowest BCUT2D eigenvalue weighted by atomic mass is 9.99. The summed E-state index contributed by atoms with van der Waals surface area (Å²) in [5, 5.41) is 19.0. The van der Waals surface area contributed by atoms with Gasteiger partial charge in [-0.05, 0) is 23.8 Å². The molecule has 2 aromatic carbocycles. The van der Waals surface area contributed by atoms with Gasteiger partial charge in [-0.1, -0.05) is 43.0 Å². The SMILES string of the molecule is CC(CO)c1cccc2c1N(C#N)c1ccccc1S2. The first-order valence-corrected chi connectivity index (χ1v) is 7.28. The summed E-state index contributed by atoms with van der Waals surface area (Å²) in [6.45, 7) is 2.04. The fraction of sp³-hybridized carbons (Fsp3) is 0.188. The van der Waals surface area contributed by atoms with E-state index in [2.05, 4.69) is 6.19 Å². The van der Waals surface area contributed by atoms with E-state index in [-0.39, 0.29) is 12.5 Å². The van der Waals surface area contributed by atoms with E-state index in [9.17, 15) is 10.4 Å². The van der Waals surface area contributed by atoms with Crippen LogP contribution in [0.15, 0.2) is 52.3 Å². The van der Waals surface area contributed by atoms with E-state index >= 15 is 0 Å². The number of anilines is 2. The van der Waals surface area contributed by atoms with Crippen molar-refractivity contribution in [3.63, 3.8) is 0 Å². The highest BCUT2D eigenvalue weighted by atomic mass is 32.2. The monoisotopic (exact) mass is 282 g/mol. The smallest absolute Gasteiger partial charge is 0.189 e. The average molecular weight is 282 g/mol. The minimum atomic E-state index is 0.00617. The van der Waals surface area contributed by atoms with Crippen LogP contribution in [-0.2, 0) is 0 Å². The molecule has 1 aliphatic heterocycles. The Hall–Kier alpha value is -1.96. The van der Waals surface area contributed by atoms with E-state index < -0.39 is 0 Å². The molecule has 1 unspecified atom stereocenters. The van der Waals surface area contributed by atoms with Crippen molar-refractivity contribution in [2.75, 3.05) is 11.5 Å². The van der Waals surface area contributed by atoms with Crippen molar-refractivity contribution >= 4 is 23.1 Å². The topological polar surface area (TPSA) is 47.3 Å². The number of benzene rings is 2. The predicted molar refractivity (Wildman–Crippen MR) is 80.3 cm³/mol. The molecule has 0 bridgehead atoms. The molecule has 4 heteroatoms. The van der Waals surface area contributed by atoms with Crippen LogP contribution in [0, 0.1) is 11.5 Å². The van der Waals surface area contributed by atoms with E-state index in [1.54, 1.807) is 16.7 Å². The van der Waals surface area contributed by atoms with Crippen LogP contribution >= 0.6 is 11.8 Å². The van der Waals surface area contributed by atoms with Gasteiger partial charge < -0.3 is 5.11 Å². The molecular weight excluding hydrogens is 268 g/mol. The van der Waals surface area contributed by atoms with Crippen molar-refractivity contribution in [3.8, 4) is 6.19 Å². The lowest BCUT2D eigenvalue weighted by Gasteiger charge is -2.30. The summed E-state index contributed by atoms with van der Waals surface area (Å²) in [5.74, 6) is 0.00617. The van der Waals surface area contributed by atoms with Gasteiger partial charge in [-0.15, -0.1) is 0 Å². The second-order valence-electron chi connectivity index (χ2n) is 4.78. The normalized spacial score (nSPS) is 14.2. The second kappa shape index (κ2) is 5.20. The minimum absolute atomic E-state index is 0.00617. The first-order valence-electron chi connectivity index (χ1n) is 6.46. The van der Waals surface area contributed by atoms with Gasteiger partial charge in [-0.3, -0.25) is 0 Å². The fourth-order valence-electron chi connectivity index (χ4n) is 2.43. The molecule has 0 aliphatic carbocycles. The third-order valence-electron chi connectivity index (χ3n) is 3.48. The summed E-state index contributed by atoms with van der Waals surface area (Å²) < 4.78 is 0. The summed E-state index contributed by atoms with van der Waals surface area (Å²) >= 11 is 1.67. The van der Waals surface area contributed by atoms with Crippen LogP contribution in [0.4, 0.5) is 11.4 Å². The minimum Gasteiger partial charge on any atom is -0.396 e. The molecule has 1 N–H and O–H groups in total. The van der Waals surface area contributed by atoms with Crippen molar-refractivity contribution in [1.29, 1.82) is 5.26 Å². The maximum Gasteiger partial charge on any atom is 0.189 e. The molecule has 1 heterocycles. The zero-order valence-corrected chi connectivity index (χ0v) is 11.9. The zero-order chi connectivity index (χ0) is 14.1. The van der Waals surface area contributed by atoms with Gasteiger partial charge in [0.1, 0.15) is 0 Å². The molecule has 0 saturated heterocycles. The Morgan fingerprint density at radius 3 is 2.70 bits per heavy atom. The largest absolute Gasteiger partial charge is 0.396 e. The molecule has 0 fully saturated rings. The van der Waals surface area contributed by atoms with Crippen LogP contribution in [0.3, 0.4) is 0 Å². The first-order chi connectivity index (χ1) is 9.76. The molecule has 3 rings (SSSR count). The summed E-state index contributed by atoms with van der Waals surface area (Å²) in [6.07, 6.45) is 2.27. The molecule has 1 atom stereocenters. The molecule has 0 spiro atoms. The van der Waals surface area contributed by atoms with E-state index in [1.807, 2.05) is 49.4 Å². The van der Waals surface area contributed by atoms with Gasteiger partial charge in [0.2, 0.25) is 0 Å². The highest BCUT2D eigenvalue weighted by Crippen LogP contribution is 2.50. The summed E-state index contributed by atoms with van der Waals surface area (Å²) in [7, 11) is 0. The Bertz CT molecular complexity index is 693. The number of hydrogen-bond donors (Lipinski definition) is 1. The number of aliphatic hydroxyl groups is 1. The Kier molecular flexibility index (Phi) is 3.39. The van der Waals surface area contributed by atoms with Crippen molar-refractivity contribution in [2.45, 2.75) is 22.6 Å². The van der Waals surface area contributed by atoms with Crippen LogP contribution in [-0.4, -0.2) is 11.7 Å². The van der Waals surface area contributed by atoms with Gasteiger partial charge in [0.15, 0.2) is 6.19 Å². The lowest BCUT2D eigenvalue weighted by molar-refractivity contribution is 0.273. The number of para-hydroxylation sites is 2. The van der Waals surface area contributed by atoms with Crippen LogP contribution in [0.2, 0.25) is 0 Å². The Labute approximate surface area is 122 Å². The molecular formula is C16H14N2OS. The molecule has 3 nitrogen and oxygen atoms in total. The van der Waals surface area contributed by atoms with E-state index in [1.165, 1.54) is 0 Å². The number of rotatable bonds is 2. The van der Waals surface area contributed by atoms with Gasteiger partial charge in [0, 0.05) is 22.3 Å². The quantitative estimate of drug-likeness (QED) is 0.849.